The Balaban J connectivity index is 0.00000312. The second kappa shape index (κ2) is 12.2. The molecule has 2 rings (SSSR count). The number of guanidine groups is 1. The minimum atomic E-state index is 0. The molecule has 2 aromatic rings. The van der Waals surface area contributed by atoms with Gasteiger partial charge in [0.05, 0.1) is 18.4 Å². The largest absolute Gasteiger partial charge is 0.357 e. The highest BCUT2D eigenvalue weighted by atomic mass is 127. The van der Waals surface area contributed by atoms with Crippen LogP contribution in [0, 0.1) is 0 Å². The fourth-order valence-electron chi connectivity index (χ4n) is 2.37. The van der Waals surface area contributed by atoms with Gasteiger partial charge in [0.1, 0.15) is 5.82 Å². The first-order valence-electron chi connectivity index (χ1n) is 8.32. The Bertz CT molecular complexity index is 629. The Labute approximate surface area is 172 Å². The molecule has 7 heteroatoms. The van der Waals surface area contributed by atoms with Crippen LogP contribution in [0.25, 0.3) is 11.3 Å². The Morgan fingerprint density at radius 2 is 2.08 bits per heavy atom. The third kappa shape index (κ3) is 7.27. The van der Waals surface area contributed by atoms with E-state index in [4.69, 9.17) is 0 Å². The van der Waals surface area contributed by atoms with Crippen LogP contribution in [-0.4, -0.2) is 53.0 Å². The molecule has 0 radical (unpaired) electrons. The lowest BCUT2D eigenvalue weighted by molar-refractivity contribution is 0.464. The first kappa shape index (κ1) is 21.8. The minimum absolute atomic E-state index is 0. The summed E-state index contributed by atoms with van der Waals surface area (Å²) in [5.41, 5.74) is 2.19. The molecule has 0 aliphatic rings. The number of nitrogens with one attached hydrogen (secondary N) is 2. The maximum absolute atomic E-state index is 4.69. The highest BCUT2D eigenvalue weighted by Gasteiger charge is 2.09. The number of imidazole rings is 1. The van der Waals surface area contributed by atoms with Crippen LogP contribution in [0.15, 0.2) is 41.5 Å². The first-order chi connectivity index (χ1) is 11.7. The van der Waals surface area contributed by atoms with Gasteiger partial charge in [-0.2, -0.15) is 11.8 Å². The third-order valence-corrected chi connectivity index (χ3v) is 4.26. The van der Waals surface area contributed by atoms with Gasteiger partial charge in [0.25, 0.3) is 0 Å². The van der Waals surface area contributed by atoms with Gasteiger partial charge in [-0.15, -0.1) is 24.0 Å². The average molecular weight is 473 g/mol. The molecule has 0 saturated carbocycles. The minimum Gasteiger partial charge on any atom is -0.357 e. The molecular weight excluding hydrogens is 445 g/mol. The van der Waals surface area contributed by atoms with Crippen LogP contribution in [0.1, 0.15) is 19.2 Å². The van der Waals surface area contributed by atoms with Crippen LogP contribution in [0.3, 0.4) is 0 Å². The molecule has 0 aliphatic carbocycles. The normalized spacial score (nSPS) is 11.1. The summed E-state index contributed by atoms with van der Waals surface area (Å²) in [7, 11) is 2.04. The van der Waals surface area contributed by atoms with Crippen LogP contribution in [0.5, 0.6) is 0 Å². The van der Waals surface area contributed by atoms with Crippen LogP contribution >= 0.6 is 35.7 Å². The molecule has 0 amide bonds. The third-order valence-electron chi connectivity index (χ3n) is 3.56. The lowest BCUT2D eigenvalue weighted by Gasteiger charge is -2.21. The van der Waals surface area contributed by atoms with Crippen molar-refractivity contribution in [1.82, 2.24) is 20.2 Å². The van der Waals surface area contributed by atoms with Crippen LogP contribution in [-0.2, 0) is 6.54 Å². The van der Waals surface area contributed by atoms with Crippen molar-refractivity contribution in [2.24, 2.45) is 4.99 Å². The highest BCUT2D eigenvalue weighted by Crippen LogP contribution is 2.16. The van der Waals surface area contributed by atoms with Gasteiger partial charge in [0.2, 0.25) is 0 Å². The molecule has 1 aromatic heterocycles. The Hall–Kier alpha value is -1.22. The van der Waals surface area contributed by atoms with Gasteiger partial charge in [-0.3, -0.25) is 4.99 Å². The zero-order valence-electron chi connectivity index (χ0n) is 15.2. The first-order valence-corrected chi connectivity index (χ1v) is 9.71. The quantitative estimate of drug-likeness (QED) is 0.265. The summed E-state index contributed by atoms with van der Waals surface area (Å²) < 4.78 is 0. The summed E-state index contributed by atoms with van der Waals surface area (Å²) in [6, 6.07) is 10.3. The second-order valence-electron chi connectivity index (χ2n) is 5.55. The van der Waals surface area contributed by atoms with Gasteiger partial charge in [0, 0.05) is 20.1 Å². The topological polar surface area (TPSA) is 56.3 Å². The number of H-pyrrole nitrogens is 1. The van der Waals surface area contributed by atoms with Crippen molar-refractivity contribution in [2.45, 2.75) is 19.9 Å². The molecule has 1 aromatic carbocycles. The van der Waals surface area contributed by atoms with Crippen LogP contribution in [0.2, 0.25) is 0 Å². The fourth-order valence-corrected chi connectivity index (χ4v) is 2.79. The number of aliphatic imine (C=N–C) groups is 1. The average Bonchev–Trinajstić information content (AvgIpc) is 3.07. The lowest BCUT2D eigenvalue weighted by Crippen LogP contribution is -2.38. The van der Waals surface area contributed by atoms with Crippen molar-refractivity contribution in [3.05, 3.63) is 42.4 Å². The van der Waals surface area contributed by atoms with E-state index in [2.05, 4.69) is 50.5 Å². The SMILES string of the molecule is CCNC(=NCCCSC)N(C)Cc1ncc(-c2ccccc2)[nH]1.I. The molecule has 0 fully saturated rings. The summed E-state index contributed by atoms with van der Waals surface area (Å²) >= 11 is 1.86. The van der Waals surface area contributed by atoms with E-state index in [1.165, 1.54) is 0 Å². The summed E-state index contributed by atoms with van der Waals surface area (Å²) in [5.74, 6) is 3.01. The van der Waals surface area contributed by atoms with Gasteiger partial charge in [-0.25, -0.2) is 4.98 Å². The highest BCUT2D eigenvalue weighted by molar-refractivity contribution is 14.0. The zero-order chi connectivity index (χ0) is 17.2. The predicted molar refractivity (Wildman–Crippen MR) is 120 cm³/mol. The maximum atomic E-state index is 4.69. The van der Waals surface area contributed by atoms with E-state index >= 15 is 0 Å². The standard InChI is InChI=1S/C18H27N5S.HI/c1-4-19-18(20-11-8-12-24-3)23(2)14-17-21-13-16(22-17)15-9-6-5-7-10-15;/h5-7,9-10,13H,4,8,11-12,14H2,1-3H3,(H,19,20)(H,21,22);1H. The molecule has 0 unspecified atom stereocenters. The van der Waals surface area contributed by atoms with E-state index in [9.17, 15) is 0 Å². The zero-order valence-corrected chi connectivity index (χ0v) is 18.3. The molecule has 0 atom stereocenters. The molecule has 0 spiro atoms. The lowest BCUT2D eigenvalue weighted by atomic mass is 10.2. The molecule has 138 valence electrons. The van der Waals surface area contributed by atoms with Gasteiger partial charge in [-0.1, -0.05) is 30.3 Å². The molecule has 5 nitrogen and oxygen atoms in total. The number of thioether (sulfide) groups is 1. The van der Waals surface area contributed by atoms with E-state index in [1.807, 2.05) is 43.2 Å². The monoisotopic (exact) mass is 473 g/mol. The Kier molecular flexibility index (Phi) is 10.6. The second-order valence-corrected chi connectivity index (χ2v) is 6.53. The number of aromatic nitrogens is 2. The molecule has 1 heterocycles. The molecule has 0 saturated heterocycles. The van der Waals surface area contributed by atoms with E-state index < -0.39 is 0 Å². The van der Waals surface area contributed by atoms with Crippen LogP contribution < -0.4 is 5.32 Å². The molecule has 0 bridgehead atoms. The van der Waals surface area contributed by atoms with Gasteiger partial charge in [0.15, 0.2) is 5.96 Å². The molecule has 2 N–H and O–H groups in total. The van der Waals surface area contributed by atoms with Gasteiger partial charge in [-0.05, 0) is 30.9 Å². The number of rotatable bonds is 8. The van der Waals surface area contributed by atoms with Crippen molar-refractivity contribution < 1.29 is 0 Å². The van der Waals surface area contributed by atoms with E-state index in [0.29, 0.717) is 6.54 Å². The summed E-state index contributed by atoms with van der Waals surface area (Å²) in [6.45, 7) is 4.49. The van der Waals surface area contributed by atoms with E-state index in [1.54, 1.807) is 0 Å². The summed E-state index contributed by atoms with van der Waals surface area (Å²) in [4.78, 5) is 14.7. The van der Waals surface area contributed by atoms with Crippen molar-refractivity contribution in [3.8, 4) is 11.3 Å². The van der Waals surface area contributed by atoms with Gasteiger partial charge >= 0.3 is 0 Å². The van der Waals surface area contributed by atoms with Crippen molar-refractivity contribution in [3.63, 3.8) is 0 Å². The van der Waals surface area contributed by atoms with Crippen LogP contribution in [0.4, 0.5) is 0 Å². The predicted octanol–water partition coefficient (Wildman–Crippen LogP) is 3.85. The van der Waals surface area contributed by atoms with Crippen molar-refractivity contribution in [1.29, 1.82) is 0 Å². The summed E-state index contributed by atoms with van der Waals surface area (Å²) in [5, 5.41) is 3.35. The van der Waals surface area contributed by atoms with Gasteiger partial charge < -0.3 is 15.2 Å². The smallest absolute Gasteiger partial charge is 0.194 e. The van der Waals surface area contributed by atoms with E-state index in [-0.39, 0.29) is 24.0 Å². The van der Waals surface area contributed by atoms with Crippen molar-refractivity contribution >= 4 is 41.7 Å². The Morgan fingerprint density at radius 3 is 2.76 bits per heavy atom. The van der Waals surface area contributed by atoms with E-state index in [0.717, 1.165) is 48.3 Å². The number of nitrogens with zero attached hydrogens (tertiary/aromatic N) is 3. The number of hydrogen-bond acceptors (Lipinski definition) is 3. The van der Waals surface area contributed by atoms with Crippen molar-refractivity contribution in [2.75, 3.05) is 32.1 Å². The molecule has 0 aliphatic heterocycles. The number of hydrogen-bond donors (Lipinski definition) is 2. The summed E-state index contributed by atoms with van der Waals surface area (Å²) in [6.07, 6.45) is 5.12. The molecule has 25 heavy (non-hydrogen) atoms. The number of aromatic amines is 1. The fraction of sp³-hybridized carbons (Fsp3) is 0.444. The Morgan fingerprint density at radius 1 is 1.32 bits per heavy atom. The maximum Gasteiger partial charge on any atom is 0.194 e. The number of benzene rings is 1. The molecular formula is C18H28IN5S. The number of halogens is 1.